The fraction of sp³-hybridized carbons (Fsp3) is 0.462. The molecule has 0 aliphatic rings. The molecule has 20 heavy (non-hydrogen) atoms. The SMILES string of the molecule is Cc1ccc(CN)cc1S(=O)(=O)N(CC(N)=O)C(C)C. The molecular formula is C13H21N3O3S. The summed E-state index contributed by atoms with van der Waals surface area (Å²) in [5.74, 6) is -0.685. The molecule has 112 valence electrons. The lowest BCUT2D eigenvalue weighted by molar-refractivity contribution is -0.118. The van der Waals surface area contributed by atoms with E-state index in [4.69, 9.17) is 11.5 Å². The van der Waals surface area contributed by atoms with Crippen LogP contribution in [0, 0.1) is 6.92 Å². The van der Waals surface area contributed by atoms with E-state index in [1.165, 1.54) is 0 Å². The first-order chi connectivity index (χ1) is 9.20. The Morgan fingerprint density at radius 3 is 2.40 bits per heavy atom. The van der Waals surface area contributed by atoms with Gasteiger partial charge in [0.2, 0.25) is 15.9 Å². The average molecular weight is 299 g/mol. The normalized spacial score (nSPS) is 12.1. The summed E-state index contributed by atoms with van der Waals surface area (Å²) >= 11 is 0. The largest absolute Gasteiger partial charge is 0.369 e. The highest BCUT2D eigenvalue weighted by atomic mass is 32.2. The van der Waals surface area contributed by atoms with Crippen molar-refractivity contribution in [2.24, 2.45) is 11.5 Å². The van der Waals surface area contributed by atoms with E-state index in [-0.39, 0.29) is 24.0 Å². The van der Waals surface area contributed by atoms with Gasteiger partial charge in [-0.3, -0.25) is 4.79 Å². The number of rotatable bonds is 6. The molecule has 0 saturated carbocycles. The van der Waals surface area contributed by atoms with Crippen LogP contribution in [-0.2, 0) is 21.4 Å². The Morgan fingerprint density at radius 2 is 1.95 bits per heavy atom. The van der Waals surface area contributed by atoms with E-state index in [1.807, 2.05) is 0 Å². The monoisotopic (exact) mass is 299 g/mol. The number of nitrogens with two attached hydrogens (primary N) is 2. The molecule has 0 atom stereocenters. The van der Waals surface area contributed by atoms with Gasteiger partial charge in [-0.2, -0.15) is 4.31 Å². The Morgan fingerprint density at radius 1 is 1.35 bits per heavy atom. The molecule has 4 N–H and O–H groups in total. The molecule has 1 amide bonds. The molecule has 0 aromatic heterocycles. The third-order valence-corrected chi connectivity index (χ3v) is 5.13. The predicted molar refractivity (Wildman–Crippen MR) is 77.3 cm³/mol. The Kier molecular flexibility index (Phi) is 5.27. The van der Waals surface area contributed by atoms with Crippen LogP contribution in [0.25, 0.3) is 0 Å². The maximum atomic E-state index is 12.7. The molecule has 7 heteroatoms. The van der Waals surface area contributed by atoms with Crippen molar-refractivity contribution in [3.63, 3.8) is 0 Å². The third kappa shape index (κ3) is 3.56. The van der Waals surface area contributed by atoms with E-state index in [0.717, 1.165) is 9.87 Å². The minimum atomic E-state index is -3.78. The zero-order chi connectivity index (χ0) is 15.5. The van der Waals surface area contributed by atoms with Crippen LogP contribution >= 0.6 is 0 Å². The minimum Gasteiger partial charge on any atom is -0.369 e. The fourth-order valence-corrected chi connectivity index (χ4v) is 3.75. The molecule has 0 spiro atoms. The predicted octanol–water partition coefficient (Wildman–Crippen LogP) is 0.338. The number of primary amides is 1. The number of aryl methyl sites for hydroxylation is 1. The van der Waals surface area contributed by atoms with Crippen molar-refractivity contribution in [1.29, 1.82) is 0 Å². The molecule has 0 radical (unpaired) electrons. The van der Waals surface area contributed by atoms with Gasteiger partial charge in [0, 0.05) is 12.6 Å². The number of sulfonamides is 1. The van der Waals surface area contributed by atoms with Crippen molar-refractivity contribution < 1.29 is 13.2 Å². The van der Waals surface area contributed by atoms with Crippen molar-refractivity contribution in [2.45, 2.75) is 38.3 Å². The molecular weight excluding hydrogens is 278 g/mol. The molecule has 1 rings (SSSR count). The summed E-state index contributed by atoms with van der Waals surface area (Å²) in [6.45, 7) is 5.01. The molecule has 0 heterocycles. The first kappa shape index (κ1) is 16.6. The topological polar surface area (TPSA) is 106 Å². The van der Waals surface area contributed by atoms with Gasteiger partial charge in [0.25, 0.3) is 0 Å². The van der Waals surface area contributed by atoms with Gasteiger partial charge in [-0.05, 0) is 38.0 Å². The quantitative estimate of drug-likeness (QED) is 0.789. The van der Waals surface area contributed by atoms with Crippen LogP contribution < -0.4 is 11.5 Å². The van der Waals surface area contributed by atoms with Gasteiger partial charge in [0.15, 0.2) is 0 Å². The van der Waals surface area contributed by atoms with Crippen LogP contribution in [0.5, 0.6) is 0 Å². The summed E-state index contributed by atoms with van der Waals surface area (Å²) in [7, 11) is -3.78. The molecule has 1 aromatic rings. The minimum absolute atomic E-state index is 0.162. The van der Waals surface area contributed by atoms with Gasteiger partial charge in [0.1, 0.15) is 0 Å². The molecule has 0 aliphatic heterocycles. The van der Waals surface area contributed by atoms with Crippen molar-refractivity contribution in [3.8, 4) is 0 Å². The third-order valence-electron chi connectivity index (χ3n) is 2.96. The summed E-state index contributed by atoms with van der Waals surface area (Å²) in [5, 5.41) is 0. The van der Waals surface area contributed by atoms with Crippen molar-refractivity contribution in [1.82, 2.24) is 4.31 Å². The second-order valence-electron chi connectivity index (χ2n) is 4.91. The maximum absolute atomic E-state index is 12.7. The van der Waals surface area contributed by atoms with E-state index in [1.54, 1.807) is 39.0 Å². The first-order valence-corrected chi connectivity index (χ1v) is 7.74. The number of nitrogens with zero attached hydrogens (tertiary/aromatic N) is 1. The lowest BCUT2D eigenvalue weighted by Gasteiger charge is -2.25. The molecule has 0 bridgehead atoms. The summed E-state index contributed by atoms with van der Waals surface area (Å²) in [5.41, 5.74) is 12.0. The number of carbonyl (C=O) groups is 1. The van der Waals surface area contributed by atoms with Crippen LogP contribution in [0.15, 0.2) is 23.1 Å². The van der Waals surface area contributed by atoms with Crippen LogP contribution in [0.3, 0.4) is 0 Å². The zero-order valence-corrected chi connectivity index (χ0v) is 12.8. The number of hydrogen-bond donors (Lipinski definition) is 2. The summed E-state index contributed by atoms with van der Waals surface area (Å²) in [6, 6.07) is 4.66. The van der Waals surface area contributed by atoms with E-state index in [9.17, 15) is 13.2 Å². The lowest BCUT2D eigenvalue weighted by atomic mass is 10.1. The van der Waals surface area contributed by atoms with Gasteiger partial charge in [-0.15, -0.1) is 0 Å². The van der Waals surface area contributed by atoms with Gasteiger partial charge >= 0.3 is 0 Å². The van der Waals surface area contributed by atoms with E-state index < -0.39 is 15.9 Å². The summed E-state index contributed by atoms with van der Waals surface area (Å²) in [4.78, 5) is 11.3. The Labute approximate surface area is 119 Å². The van der Waals surface area contributed by atoms with Gasteiger partial charge in [0.05, 0.1) is 11.4 Å². The Balaban J connectivity index is 3.36. The second kappa shape index (κ2) is 6.34. The average Bonchev–Trinajstić information content (AvgIpc) is 2.35. The molecule has 6 nitrogen and oxygen atoms in total. The Hall–Kier alpha value is -1.44. The second-order valence-corrected chi connectivity index (χ2v) is 6.77. The fourth-order valence-electron chi connectivity index (χ4n) is 1.87. The summed E-state index contributed by atoms with van der Waals surface area (Å²) < 4.78 is 26.4. The maximum Gasteiger partial charge on any atom is 0.244 e. The number of hydrogen-bond acceptors (Lipinski definition) is 4. The molecule has 0 aliphatic carbocycles. The highest BCUT2D eigenvalue weighted by molar-refractivity contribution is 7.89. The van der Waals surface area contributed by atoms with Crippen LogP contribution in [0.4, 0.5) is 0 Å². The summed E-state index contributed by atoms with van der Waals surface area (Å²) in [6.07, 6.45) is 0. The zero-order valence-electron chi connectivity index (χ0n) is 12.0. The van der Waals surface area contributed by atoms with Gasteiger partial charge in [-0.1, -0.05) is 12.1 Å². The van der Waals surface area contributed by atoms with Crippen LogP contribution in [0.1, 0.15) is 25.0 Å². The molecule has 0 saturated heterocycles. The highest BCUT2D eigenvalue weighted by Crippen LogP contribution is 2.22. The standard InChI is InChI=1S/C13H21N3O3S/c1-9(2)16(8-13(15)17)20(18,19)12-6-11(7-14)5-4-10(12)3/h4-6,9H,7-8,14H2,1-3H3,(H2,15,17). The van der Waals surface area contributed by atoms with E-state index >= 15 is 0 Å². The van der Waals surface area contributed by atoms with E-state index in [2.05, 4.69) is 0 Å². The molecule has 0 unspecified atom stereocenters. The van der Waals surface area contributed by atoms with Crippen molar-refractivity contribution in [3.05, 3.63) is 29.3 Å². The lowest BCUT2D eigenvalue weighted by Crippen LogP contribution is -2.42. The van der Waals surface area contributed by atoms with Crippen LogP contribution in [0.2, 0.25) is 0 Å². The number of benzene rings is 1. The first-order valence-electron chi connectivity index (χ1n) is 6.30. The van der Waals surface area contributed by atoms with E-state index in [0.29, 0.717) is 5.56 Å². The smallest absolute Gasteiger partial charge is 0.244 e. The molecule has 0 fully saturated rings. The number of amides is 1. The molecule has 1 aromatic carbocycles. The Bertz CT molecular complexity index is 597. The van der Waals surface area contributed by atoms with Gasteiger partial charge < -0.3 is 11.5 Å². The number of carbonyl (C=O) groups excluding carboxylic acids is 1. The van der Waals surface area contributed by atoms with Crippen molar-refractivity contribution in [2.75, 3.05) is 6.54 Å². The van der Waals surface area contributed by atoms with Crippen LogP contribution in [-0.4, -0.2) is 31.2 Å². The van der Waals surface area contributed by atoms with Gasteiger partial charge in [-0.25, -0.2) is 8.42 Å². The van der Waals surface area contributed by atoms with Crippen molar-refractivity contribution >= 4 is 15.9 Å². The highest BCUT2D eigenvalue weighted by Gasteiger charge is 2.29.